The Morgan fingerprint density at radius 3 is 2.89 bits per heavy atom. The molecule has 2 unspecified atom stereocenters. The van der Waals surface area contributed by atoms with Crippen LogP contribution in [0.2, 0.25) is 0 Å². The third-order valence-electron chi connectivity index (χ3n) is 3.96. The molecule has 0 heterocycles. The summed E-state index contributed by atoms with van der Waals surface area (Å²) in [6, 6.07) is 6.93. The SMILES string of the molecule is CC1CCCC(CCl)(NCc2ccccc2F)C1. The van der Waals surface area contributed by atoms with E-state index in [1.54, 1.807) is 6.07 Å². The third kappa shape index (κ3) is 3.24. The summed E-state index contributed by atoms with van der Waals surface area (Å²) in [6.45, 7) is 2.83. The van der Waals surface area contributed by atoms with Crippen LogP contribution >= 0.6 is 11.6 Å². The predicted octanol–water partition coefficient (Wildman–Crippen LogP) is 4.10. The minimum absolute atomic E-state index is 0.0124. The molecule has 1 aromatic rings. The van der Waals surface area contributed by atoms with Crippen molar-refractivity contribution < 1.29 is 4.39 Å². The highest BCUT2D eigenvalue weighted by atomic mass is 35.5. The number of rotatable bonds is 4. The molecule has 0 radical (unpaired) electrons. The molecule has 1 fully saturated rings. The summed E-state index contributed by atoms with van der Waals surface area (Å²) in [5.74, 6) is 1.16. The van der Waals surface area contributed by atoms with Crippen molar-refractivity contribution >= 4 is 11.6 Å². The van der Waals surface area contributed by atoms with Crippen molar-refractivity contribution in [1.29, 1.82) is 0 Å². The average Bonchev–Trinajstić information content (AvgIpc) is 2.38. The maximum Gasteiger partial charge on any atom is 0.127 e. The van der Waals surface area contributed by atoms with Crippen LogP contribution in [0, 0.1) is 11.7 Å². The van der Waals surface area contributed by atoms with Gasteiger partial charge in [-0.3, -0.25) is 0 Å². The fourth-order valence-electron chi connectivity index (χ4n) is 2.91. The van der Waals surface area contributed by atoms with Crippen LogP contribution in [0.25, 0.3) is 0 Å². The Hall–Kier alpha value is -0.600. The van der Waals surface area contributed by atoms with Crippen LogP contribution in [0.4, 0.5) is 4.39 Å². The smallest absolute Gasteiger partial charge is 0.127 e. The lowest BCUT2D eigenvalue weighted by Crippen LogP contribution is -2.49. The van der Waals surface area contributed by atoms with Gasteiger partial charge >= 0.3 is 0 Å². The summed E-state index contributed by atoms with van der Waals surface area (Å²) in [4.78, 5) is 0. The van der Waals surface area contributed by atoms with Crippen LogP contribution in [0.5, 0.6) is 0 Å². The fourth-order valence-corrected chi connectivity index (χ4v) is 3.25. The lowest BCUT2D eigenvalue weighted by atomic mass is 9.77. The highest BCUT2D eigenvalue weighted by molar-refractivity contribution is 6.18. The Balaban J connectivity index is 2.01. The van der Waals surface area contributed by atoms with E-state index >= 15 is 0 Å². The van der Waals surface area contributed by atoms with Gasteiger partial charge in [0.05, 0.1) is 0 Å². The van der Waals surface area contributed by atoms with Crippen LogP contribution in [-0.4, -0.2) is 11.4 Å². The summed E-state index contributed by atoms with van der Waals surface area (Å²) in [6.07, 6.45) is 4.67. The molecule has 1 N–H and O–H groups in total. The van der Waals surface area contributed by atoms with Crippen LogP contribution in [-0.2, 0) is 6.54 Å². The van der Waals surface area contributed by atoms with E-state index in [2.05, 4.69) is 12.2 Å². The molecule has 1 aliphatic carbocycles. The van der Waals surface area contributed by atoms with Crippen molar-refractivity contribution in [3.63, 3.8) is 0 Å². The maximum atomic E-state index is 13.6. The van der Waals surface area contributed by atoms with E-state index in [1.807, 2.05) is 12.1 Å². The highest BCUT2D eigenvalue weighted by Crippen LogP contribution is 2.33. The van der Waals surface area contributed by atoms with Gasteiger partial charge < -0.3 is 5.32 Å². The first-order valence-corrected chi connectivity index (χ1v) is 7.23. The number of nitrogens with one attached hydrogen (secondary N) is 1. The third-order valence-corrected chi connectivity index (χ3v) is 4.47. The first-order valence-electron chi connectivity index (χ1n) is 6.70. The summed E-state index contributed by atoms with van der Waals surface area (Å²) in [5, 5.41) is 3.50. The van der Waals surface area contributed by atoms with Crippen LogP contribution in [0.3, 0.4) is 0 Å². The molecule has 0 aliphatic heterocycles. The largest absolute Gasteiger partial charge is 0.306 e. The van der Waals surface area contributed by atoms with E-state index in [0.717, 1.165) is 18.4 Å². The van der Waals surface area contributed by atoms with Gasteiger partial charge in [0.2, 0.25) is 0 Å². The van der Waals surface area contributed by atoms with Gasteiger partial charge in [0.25, 0.3) is 0 Å². The second kappa shape index (κ2) is 6.03. The van der Waals surface area contributed by atoms with E-state index in [9.17, 15) is 4.39 Å². The van der Waals surface area contributed by atoms with Crippen molar-refractivity contribution in [3.05, 3.63) is 35.6 Å². The maximum absolute atomic E-state index is 13.6. The molecule has 1 nitrogen and oxygen atoms in total. The second-order valence-corrected chi connectivity index (χ2v) is 5.83. The number of hydrogen-bond acceptors (Lipinski definition) is 1. The summed E-state index contributed by atoms with van der Waals surface area (Å²) >= 11 is 6.15. The highest BCUT2D eigenvalue weighted by Gasteiger charge is 2.33. The molecule has 0 aromatic heterocycles. The van der Waals surface area contributed by atoms with Gasteiger partial charge in [-0.05, 0) is 24.8 Å². The van der Waals surface area contributed by atoms with E-state index in [0.29, 0.717) is 18.3 Å². The quantitative estimate of drug-likeness (QED) is 0.812. The average molecular weight is 270 g/mol. The van der Waals surface area contributed by atoms with E-state index in [1.165, 1.54) is 18.9 Å². The van der Waals surface area contributed by atoms with Gasteiger partial charge in [-0.2, -0.15) is 0 Å². The first-order chi connectivity index (χ1) is 8.65. The molecular formula is C15H21ClFN. The van der Waals surface area contributed by atoms with E-state index in [4.69, 9.17) is 11.6 Å². The Kier molecular flexibility index (Phi) is 4.63. The Morgan fingerprint density at radius 1 is 1.44 bits per heavy atom. The zero-order chi connectivity index (χ0) is 13.0. The topological polar surface area (TPSA) is 12.0 Å². The molecule has 1 aliphatic rings. The molecular weight excluding hydrogens is 249 g/mol. The number of benzene rings is 1. The Labute approximate surface area is 114 Å². The molecule has 3 heteroatoms. The first kappa shape index (κ1) is 13.8. The van der Waals surface area contributed by atoms with E-state index in [-0.39, 0.29) is 11.4 Å². The molecule has 0 spiro atoms. The lowest BCUT2D eigenvalue weighted by Gasteiger charge is -2.39. The van der Waals surface area contributed by atoms with Gasteiger partial charge in [0.15, 0.2) is 0 Å². The van der Waals surface area contributed by atoms with Crippen molar-refractivity contribution in [2.75, 3.05) is 5.88 Å². The van der Waals surface area contributed by atoms with Gasteiger partial charge in [-0.1, -0.05) is 38.0 Å². The summed E-state index contributed by atoms with van der Waals surface area (Å²) in [7, 11) is 0. The van der Waals surface area contributed by atoms with Crippen molar-refractivity contribution in [2.24, 2.45) is 5.92 Å². The molecule has 0 saturated heterocycles. The van der Waals surface area contributed by atoms with Crippen molar-refractivity contribution in [1.82, 2.24) is 5.32 Å². The standard InChI is InChI=1S/C15H21ClFN/c1-12-5-4-8-15(9-12,11-16)18-10-13-6-2-3-7-14(13)17/h2-3,6-7,12,18H,4-5,8-11H2,1H3. The predicted molar refractivity (Wildman–Crippen MR) is 74.3 cm³/mol. The van der Waals surface area contributed by atoms with Gasteiger partial charge in [0, 0.05) is 23.5 Å². The molecule has 1 aromatic carbocycles. The lowest BCUT2D eigenvalue weighted by molar-refractivity contribution is 0.207. The second-order valence-electron chi connectivity index (χ2n) is 5.56. The van der Waals surface area contributed by atoms with Crippen molar-refractivity contribution in [2.45, 2.75) is 44.7 Å². The number of hydrogen-bond donors (Lipinski definition) is 1. The van der Waals surface area contributed by atoms with Gasteiger partial charge in [-0.25, -0.2) is 4.39 Å². The van der Waals surface area contributed by atoms with Crippen LogP contribution in [0.1, 0.15) is 38.2 Å². The molecule has 0 bridgehead atoms. The fraction of sp³-hybridized carbons (Fsp3) is 0.600. The number of alkyl halides is 1. The van der Waals surface area contributed by atoms with Gasteiger partial charge in [0.1, 0.15) is 5.82 Å². The van der Waals surface area contributed by atoms with Crippen LogP contribution in [0.15, 0.2) is 24.3 Å². The molecule has 18 heavy (non-hydrogen) atoms. The zero-order valence-electron chi connectivity index (χ0n) is 10.9. The molecule has 1 saturated carbocycles. The molecule has 2 atom stereocenters. The van der Waals surface area contributed by atoms with Crippen LogP contribution < -0.4 is 5.32 Å². The Bertz CT molecular complexity index is 396. The molecule has 2 rings (SSSR count). The summed E-state index contributed by atoms with van der Waals surface area (Å²) in [5.41, 5.74) is 0.710. The monoisotopic (exact) mass is 269 g/mol. The van der Waals surface area contributed by atoms with Crippen molar-refractivity contribution in [3.8, 4) is 0 Å². The van der Waals surface area contributed by atoms with E-state index < -0.39 is 0 Å². The molecule has 0 amide bonds. The minimum Gasteiger partial charge on any atom is -0.306 e. The van der Waals surface area contributed by atoms with Gasteiger partial charge in [-0.15, -0.1) is 11.6 Å². The zero-order valence-corrected chi connectivity index (χ0v) is 11.6. The summed E-state index contributed by atoms with van der Waals surface area (Å²) < 4.78 is 13.6. The minimum atomic E-state index is -0.140. The number of halogens is 2. The molecule has 100 valence electrons. The normalized spacial score (nSPS) is 28.3. The Morgan fingerprint density at radius 2 is 2.22 bits per heavy atom.